The fourth-order valence-corrected chi connectivity index (χ4v) is 3.56. The molecule has 1 atom stereocenters. The molecule has 1 aliphatic rings. The normalized spacial score (nSPS) is 15.9. The number of anilines is 1. The Kier molecular flexibility index (Phi) is 6.64. The topological polar surface area (TPSA) is 78.0 Å². The van der Waals surface area contributed by atoms with E-state index in [0.717, 1.165) is 16.3 Å². The van der Waals surface area contributed by atoms with E-state index in [1.165, 1.54) is 4.90 Å². The van der Waals surface area contributed by atoms with Crippen LogP contribution in [-0.2, 0) is 19.1 Å². The summed E-state index contributed by atoms with van der Waals surface area (Å²) in [5.74, 6) is -0.154. The smallest absolute Gasteiger partial charge is 0.326 e. The number of hydrogen-bond donors (Lipinski definition) is 0. The van der Waals surface area contributed by atoms with Gasteiger partial charge < -0.3 is 14.2 Å². The van der Waals surface area contributed by atoms with Crippen molar-refractivity contribution < 1.29 is 23.8 Å². The van der Waals surface area contributed by atoms with Crippen molar-refractivity contribution in [3.05, 3.63) is 28.6 Å². The number of benzene rings is 1. The van der Waals surface area contributed by atoms with E-state index in [1.807, 2.05) is 44.4 Å². The van der Waals surface area contributed by atoms with Crippen LogP contribution in [-0.4, -0.2) is 49.3 Å². The minimum Gasteiger partial charge on any atom is -0.478 e. The van der Waals surface area contributed by atoms with Crippen LogP contribution in [0.5, 0.6) is 5.75 Å². The van der Waals surface area contributed by atoms with Gasteiger partial charge in [0.1, 0.15) is 18.9 Å². The van der Waals surface area contributed by atoms with Gasteiger partial charge in [0.05, 0.1) is 23.0 Å². The van der Waals surface area contributed by atoms with E-state index in [9.17, 15) is 9.59 Å². The van der Waals surface area contributed by atoms with Crippen LogP contribution < -0.4 is 9.64 Å². The SMILES string of the molecule is CCOCCOC(=O)CN1C(=O)C(CC)Oc2ccc(-c3csc(C)n3)cc21. The van der Waals surface area contributed by atoms with E-state index < -0.39 is 12.1 Å². The molecule has 28 heavy (non-hydrogen) atoms. The lowest BCUT2D eigenvalue weighted by molar-refractivity contribution is -0.145. The summed E-state index contributed by atoms with van der Waals surface area (Å²) in [6, 6.07) is 5.57. The number of aryl methyl sites for hydroxylation is 1. The second kappa shape index (κ2) is 9.16. The van der Waals surface area contributed by atoms with Crippen LogP contribution in [0.25, 0.3) is 11.3 Å². The predicted molar refractivity (Wildman–Crippen MR) is 107 cm³/mol. The van der Waals surface area contributed by atoms with Gasteiger partial charge in [-0.3, -0.25) is 14.5 Å². The van der Waals surface area contributed by atoms with Crippen LogP contribution >= 0.6 is 11.3 Å². The highest BCUT2D eigenvalue weighted by molar-refractivity contribution is 7.09. The van der Waals surface area contributed by atoms with Crippen molar-refractivity contribution in [2.24, 2.45) is 0 Å². The Bertz CT molecular complexity index is 851. The number of thiazole rings is 1. The third-order valence-corrected chi connectivity index (χ3v) is 5.10. The van der Waals surface area contributed by atoms with Gasteiger partial charge in [-0.25, -0.2) is 4.98 Å². The number of ether oxygens (including phenoxy) is 3. The monoisotopic (exact) mass is 404 g/mol. The van der Waals surface area contributed by atoms with Crippen molar-refractivity contribution >= 4 is 28.9 Å². The fourth-order valence-electron chi connectivity index (χ4n) is 2.93. The predicted octanol–water partition coefficient (Wildman–Crippen LogP) is 3.20. The second-order valence-corrected chi connectivity index (χ2v) is 7.35. The molecule has 2 heterocycles. The van der Waals surface area contributed by atoms with E-state index >= 15 is 0 Å². The largest absolute Gasteiger partial charge is 0.478 e. The Morgan fingerprint density at radius 2 is 2.14 bits per heavy atom. The lowest BCUT2D eigenvalue weighted by Gasteiger charge is -2.33. The number of nitrogens with zero attached hydrogens (tertiary/aromatic N) is 2. The van der Waals surface area contributed by atoms with E-state index in [1.54, 1.807) is 11.3 Å². The molecule has 1 aromatic heterocycles. The molecule has 0 N–H and O–H groups in total. The summed E-state index contributed by atoms with van der Waals surface area (Å²) < 4.78 is 16.2. The molecular formula is C20H24N2O5S. The first-order chi connectivity index (χ1) is 13.5. The van der Waals surface area contributed by atoms with Gasteiger partial charge in [0.2, 0.25) is 0 Å². The summed E-state index contributed by atoms with van der Waals surface area (Å²) in [5, 5.41) is 2.92. The molecule has 1 amide bonds. The standard InChI is InChI=1S/C20H24N2O5S/c1-4-17-20(24)22(11-19(23)26-9-8-25-5-2)16-10-14(6-7-18(16)27-17)15-12-28-13(3)21-15/h6-7,10,12,17H,4-5,8-9,11H2,1-3H3. The van der Waals surface area contributed by atoms with Gasteiger partial charge in [0.15, 0.2) is 6.10 Å². The van der Waals surface area contributed by atoms with Crippen LogP contribution in [0.15, 0.2) is 23.6 Å². The minimum atomic E-state index is -0.615. The average molecular weight is 404 g/mol. The molecule has 0 spiro atoms. The average Bonchev–Trinajstić information content (AvgIpc) is 3.13. The summed E-state index contributed by atoms with van der Waals surface area (Å²) in [6.45, 7) is 6.57. The van der Waals surface area contributed by atoms with Crippen LogP contribution in [0.4, 0.5) is 5.69 Å². The van der Waals surface area contributed by atoms with E-state index in [-0.39, 0.29) is 19.1 Å². The molecule has 8 heteroatoms. The zero-order chi connectivity index (χ0) is 20.1. The number of aromatic nitrogens is 1. The summed E-state index contributed by atoms with van der Waals surface area (Å²) in [4.78, 5) is 31.0. The van der Waals surface area contributed by atoms with E-state index in [2.05, 4.69) is 4.98 Å². The van der Waals surface area contributed by atoms with Gasteiger partial charge in [0, 0.05) is 17.6 Å². The van der Waals surface area contributed by atoms with Crippen LogP contribution in [0.2, 0.25) is 0 Å². The summed E-state index contributed by atoms with van der Waals surface area (Å²) in [7, 11) is 0. The molecule has 0 bridgehead atoms. The Labute approximate surface area is 168 Å². The second-order valence-electron chi connectivity index (χ2n) is 6.29. The first-order valence-corrected chi connectivity index (χ1v) is 10.2. The molecule has 3 rings (SSSR count). The van der Waals surface area contributed by atoms with Crippen LogP contribution in [0.3, 0.4) is 0 Å². The zero-order valence-corrected chi connectivity index (χ0v) is 17.1. The van der Waals surface area contributed by atoms with Gasteiger partial charge in [-0.1, -0.05) is 6.92 Å². The van der Waals surface area contributed by atoms with Crippen molar-refractivity contribution in [2.45, 2.75) is 33.3 Å². The van der Waals surface area contributed by atoms with Crippen molar-refractivity contribution in [1.29, 1.82) is 0 Å². The van der Waals surface area contributed by atoms with E-state index in [4.69, 9.17) is 14.2 Å². The molecule has 2 aromatic rings. The summed E-state index contributed by atoms with van der Waals surface area (Å²) in [5.41, 5.74) is 2.25. The van der Waals surface area contributed by atoms with Crippen LogP contribution in [0.1, 0.15) is 25.3 Å². The fraction of sp³-hybridized carbons (Fsp3) is 0.450. The quantitative estimate of drug-likeness (QED) is 0.497. The molecule has 1 unspecified atom stereocenters. The van der Waals surface area contributed by atoms with Gasteiger partial charge in [-0.2, -0.15) is 0 Å². The highest BCUT2D eigenvalue weighted by Gasteiger charge is 2.35. The molecule has 0 saturated heterocycles. The Hall–Kier alpha value is -2.45. The first kappa shape index (κ1) is 20.3. The number of rotatable bonds is 8. The van der Waals surface area contributed by atoms with Gasteiger partial charge in [-0.05, 0) is 38.5 Å². The summed E-state index contributed by atoms with van der Waals surface area (Å²) in [6.07, 6.45) is -0.0997. The third-order valence-electron chi connectivity index (χ3n) is 4.33. The highest BCUT2D eigenvalue weighted by Crippen LogP contribution is 2.38. The van der Waals surface area contributed by atoms with Gasteiger partial charge in [0.25, 0.3) is 5.91 Å². The number of carbonyl (C=O) groups excluding carboxylic acids is 2. The van der Waals surface area contributed by atoms with Crippen molar-refractivity contribution in [3.8, 4) is 17.0 Å². The van der Waals surface area contributed by atoms with Crippen molar-refractivity contribution in [2.75, 3.05) is 31.3 Å². The van der Waals surface area contributed by atoms with E-state index in [0.29, 0.717) is 31.1 Å². The minimum absolute atomic E-state index is 0.160. The third kappa shape index (κ3) is 4.51. The maximum Gasteiger partial charge on any atom is 0.326 e. The number of amides is 1. The lowest BCUT2D eigenvalue weighted by atomic mass is 10.1. The first-order valence-electron chi connectivity index (χ1n) is 9.31. The zero-order valence-electron chi connectivity index (χ0n) is 16.3. The Morgan fingerprint density at radius 3 is 2.82 bits per heavy atom. The molecule has 0 radical (unpaired) electrons. The van der Waals surface area contributed by atoms with Crippen molar-refractivity contribution in [1.82, 2.24) is 4.98 Å². The molecule has 0 saturated carbocycles. The molecular weight excluding hydrogens is 380 g/mol. The molecule has 0 fully saturated rings. The highest BCUT2D eigenvalue weighted by atomic mass is 32.1. The Morgan fingerprint density at radius 1 is 1.32 bits per heavy atom. The molecule has 7 nitrogen and oxygen atoms in total. The lowest BCUT2D eigenvalue weighted by Crippen LogP contribution is -2.48. The molecule has 1 aromatic carbocycles. The van der Waals surface area contributed by atoms with Crippen LogP contribution in [0, 0.1) is 6.92 Å². The molecule has 0 aliphatic carbocycles. The summed E-state index contributed by atoms with van der Waals surface area (Å²) >= 11 is 1.56. The molecule has 150 valence electrons. The maximum absolute atomic E-state index is 12.8. The maximum atomic E-state index is 12.8. The number of hydrogen-bond acceptors (Lipinski definition) is 7. The number of fused-ring (bicyclic) bond motifs is 1. The Balaban J connectivity index is 1.84. The van der Waals surface area contributed by atoms with Crippen molar-refractivity contribution in [3.63, 3.8) is 0 Å². The number of esters is 1. The van der Waals surface area contributed by atoms with Gasteiger partial charge >= 0.3 is 5.97 Å². The molecule has 1 aliphatic heterocycles. The van der Waals surface area contributed by atoms with Gasteiger partial charge in [-0.15, -0.1) is 11.3 Å². The number of carbonyl (C=O) groups is 2.